The highest BCUT2D eigenvalue weighted by atomic mass is 32.2. The molecule has 0 bridgehead atoms. The van der Waals surface area contributed by atoms with Gasteiger partial charge in [-0.2, -0.15) is 0 Å². The van der Waals surface area contributed by atoms with Gasteiger partial charge in [0.2, 0.25) is 5.89 Å². The van der Waals surface area contributed by atoms with Gasteiger partial charge in [0.05, 0.1) is 6.61 Å². The average molecular weight is 306 g/mol. The van der Waals surface area contributed by atoms with E-state index < -0.39 is 5.97 Å². The molecule has 0 spiro atoms. The van der Waals surface area contributed by atoms with Crippen molar-refractivity contribution in [3.8, 4) is 5.75 Å². The number of aromatic nitrogens is 2. The Bertz CT molecular complexity index is 622. The largest absolute Gasteiger partial charge is 0.493 e. The first kappa shape index (κ1) is 15.1. The molecule has 1 heterocycles. The molecule has 0 atom stereocenters. The minimum Gasteiger partial charge on any atom is -0.493 e. The molecule has 21 heavy (non-hydrogen) atoms. The molecule has 2 rings (SSSR count). The van der Waals surface area contributed by atoms with Crippen molar-refractivity contribution in [1.82, 2.24) is 10.2 Å². The number of benzene rings is 1. The fourth-order valence-electron chi connectivity index (χ4n) is 1.47. The third-order valence-electron chi connectivity index (χ3n) is 2.38. The van der Waals surface area contributed by atoms with Gasteiger partial charge in [0.1, 0.15) is 5.75 Å². The molecule has 110 valence electrons. The van der Waals surface area contributed by atoms with Gasteiger partial charge >= 0.3 is 5.97 Å². The first-order chi connectivity index (χ1) is 10.1. The van der Waals surface area contributed by atoms with E-state index in [1.54, 1.807) is 31.2 Å². The van der Waals surface area contributed by atoms with Crippen molar-refractivity contribution in [3.05, 3.63) is 41.8 Å². The van der Waals surface area contributed by atoms with Crippen LogP contribution in [0.3, 0.4) is 0 Å². The van der Waals surface area contributed by atoms with Crippen LogP contribution in [-0.2, 0) is 4.79 Å². The molecule has 0 saturated carbocycles. The van der Waals surface area contributed by atoms with Crippen molar-refractivity contribution < 1.29 is 19.1 Å². The zero-order valence-corrected chi connectivity index (χ0v) is 12.2. The Morgan fingerprint density at radius 3 is 2.76 bits per heavy atom. The first-order valence-electron chi connectivity index (χ1n) is 6.20. The maximum atomic E-state index is 10.4. The van der Waals surface area contributed by atoms with Crippen LogP contribution in [0.25, 0.3) is 6.08 Å². The van der Waals surface area contributed by atoms with E-state index in [1.165, 1.54) is 17.8 Å². The standard InChI is InChI=1S/C14H14N2O4S/c1-10-15-16-14(20-10)21-9-8-19-12-5-2-11(3-6-12)4-7-13(17)18/h2-7H,8-9H2,1H3,(H,17,18). The van der Waals surface area contributed by atoms with E-state index in [0.29, 0.717) is 23.5 Å². The molecule has 0 amide bonds. The monoisotopic (exact) mass is 306 g/mol. The summed E-state index contributed by atoms with van der Waals surface area (Å²) in [5.41, 5.74) is 0.806. The van der Waals surface area contributed by atoms with Gasteiger partial charge in [-0.25, -0.2) is 4.79 Å². The molecule has 0 saturated heterocycles. The number of nitrogens with zero attached hydrogens (tertiary/aromatic N) is 2. The van der Waals surface area contributed by atoms with E-state index in [9.17, 15) is 4.79 Å². The number of aryl methyl sites for hydroxylation is 1. The Morgan fingerprint density at radius 1 is 1.38 bits per heavy atom. The second-order valence-electron chi connectivity index (χ2n) is 4.02. The highest BCUT2D eigenvalue weighted by molar-refractivity contribution is 7.99. The summed E-state index contributed by atoms with van der Waals surface area (Å²) in [5.74, 6) is 0.999. The highest BCUT2D eigenvalue weighted by Gasteiger charge is 2.02. The fraction of sp³-hybridized carbons (Fsp3) is 0.214. The first-order valence-corrected chi connectivity index (χ1v) is 7.19. The molecule has 0 aliphatic carbocycles. The molecule has 7 heteroatoms. The number of carboxylic acid groups (broad SMARTS) is 1. The Hall–Kier alpha value is -2.28. The Morgan fingerprint density at radius 2 is 2.14 bits per heavy atom. The van der Waals surface area contributed by atoms with Gasteiger partial charge in [0.15, 0.2) is 0 Å². The van der Waals surface area contributed by atoms with Crippen LogP contribution >= 0.6 is 11.8 Å². The summed E-state index contributed by atoms with van der Waals surface area (Å²) in [6.45, 7) is 2.25. The number of thioether (sulfide) groups is 1. The summed E-state index contributed by atoms with van der Waals surface area (Å²) in [6.07, 6.45) is 2.62. The zero-order valence-electron chi connectivity index (χ0n) is 11.4. The number of rotatable bonds is 7. The van der Waals surface area contributed by atoms with Crippen LogP contribution in [0.5, 0.6) is 5.75 Å². The van der Waals surface area contributed by atoms with Gasteiger partial charge in [-0.3, -0.25) is 0 Å². The molecule has 1 aromatic heterocycles. The lowest BCUT2D eigenvalue weighted by Gasteiger charge is -2.05. The van der Waals surface area contributed by atoms with E-state index in [0.717, 1.165) is 17.4 Å². The SMILES string of the molecule is Cc1nnc(SCCOc2ccc(C=CC(=O)O)cc2)o1. The topological polar surface area (TPSA) is 85.5 Å². The lowest BCUT2D eigenvalue weighted by molar-refractivity contribution is -0.131. The van der Waals surface area contributed by atoms with Gasteiger partial charge in [0.25, 0.3) is 5.22 Å². The van der Waals surface area contributed by atoms with Gasteiger partial charge in [-0.15, -0.1) is 10.2 Å². The number of hydrogen-bond acceptors (Lipinski definition) is 6. The summed E-state index contributed by atoms with van der Waals surface area (Å²) in [7, 11) is 0. The maximum absolute atomic E-state index is 10.4. The van der Waals surface area contributed by atoms with Crippen molar-refractivity contribution in [1.29, 1.82) is 0 Å². The van der Waals surface area contributed by atoms with E-state index in [-0.39, 0.29) is 0 Å². The second kappa shape index (κ2) is 7.49. The van der Waals surface area contributed by atoms with Gasteiger partial charge in [-0.05, 0) is 23.8 Å². The Kier molecular flexibility index (Phi) is 5.39. The molecule has 0 fully saturated rings. The highest BCUT2D eigenvalue weighted by Crippen LogP contribution is 2.17. The van der Waals surface area contributed by atoms with Crippen LogP contribution in [0, 0.1) is 6.92 Å². The average Bonchev–Trinajstić information content (AvgIpc) is 2.88. The quantitative estimate of drug-likeness (QED) is 0.478. The number of carbonyl (C=O) groups is 1. The molecular weight excluding hydrogens is 292 g/mol. The third-order valence-corrected chi connectivity index (χ3v) is 3.17. The van der Waals surface area contributed by atoms with Crippen molar-refractivity contribution >= 4 is 23.8 Å². The Balaban J connectivity index is 1.74. The predicted octanol–water partition coefficient (Wildman–Crippen LogP) is 2.65. The molecule has 0 radical (unpaired) electrons. The maximum Gasteiger partial charge on any atom is 0.328 e. The third kappa shape index (κ3) is 5.31. The summed E-state index contributed by atoms with van der Waals surface area (Å²) < 4.78 is 10.8. The predicted molar refractivity (Wildman–Crippen MR) is 78.4 cm³/mol. The van der Waals surface area contributed by atoms with Crippen LogP contribution in [0.15, 0.2) is 40.0 Å². The fourth-order valence-corrected chi connectivity index (χ4v) is 2.09. The van der Waals surface area contributed by atoms with Crippen molar-refractivity contribution in [2.24, 2.45) is 0 Å². The van der Waals surface area contributed by atoms with Crippen LogP contribution in [0.1, 0.15) is 11.5 Å². The van der Waals surface area contributed by atoms with E-state index >= 15 is 0 Å². The van der Waals surface area contributed by atoms with Crippen LogP contribution in [0.4, 0.5) is 0 Å². The number of aliphatic carboxylic acids is 1. The normalized spacial score (nSPS) is 10.9. The van der Waals surface area contributed by atoms with Crippen molar-refractivity contribution in [3.63, 3.8) is 0 Å². The lowest BCUT2D eigenvalue weighted by atomic mass is 10.2. The van der Waals surface area contributed by atoms with Crippen molar-refractivity contribution in [2.75, 3.05) is 12.4 Å². The van der Waals surface area contributed by atoms with Crippen LogP contribution in [-0.4, -0.2) is 33.6 Å². The molecule has 1 aromatic carbocycles. The van der Waals surface area contributed by atoms with Crippen LogP contribution in [0.2, 0.25) is 0 Å². The summed E-state index contributed by atoms with van der Waals surface area (Å²) in [4.78, 5) is 10.4. The lowest BCUT2D eigenvalue weighted by Crippen LogP contribution is -1.99. The minimum atomic E-state index is -0.969. The number of carboxylic acids is 1. The molecule has 0 aliphatic heterocycles. The van der Waals surface area contributed by atoms with Crippen LogP contribution < -0.4 is 4.74 Å². The number of ether oxygens (including phenoxy) is 1. The smallest absolute Gasteiger partial charge is 0.328 e. The van der Waals surface area contributed by atoms with Gasteiger partial charge in [0, 0.05) is 18.8 Å². The van der Waals surface area contributed by atoms with E-state index in [2.05, 4.69) is 10.2 Å². The zero-order chi connectivity index (χ0) is 15.1. The molecule has 2 aromatic rings. The van der Waals surface area contributed by atoms with Gasteiger partial charge < -0.3 is 14.3 Å². The molecule has 6 nitrogen and oxygen atoms in total. The molecule has 0 unspecified atom stereocenters. The minimum absolute atomic E-state index is 0.510. The number of hydrogen-bond donors (Lipinski definition) is 1. The Labute approximate surface area is 125 Å². The van der Waals surface area contributed by atoms with E-state index in [4.69, 9.17) is 14.3 Å². The summed E-state index contributed by atoms with van der Waals surface area (Å²) in [5, 5.41) is 16.7. The molecular formula is C14H14N2O4S. The molecule has 0 aliphatic rings. The van der Waals surface area contributed by atoms with Crippen molar-refractivity contribution in [2.45, 2.75) is 12.1 Å². The second-order valence-corrected chi connectivity index (χ2v) is 5.07. The summed E-state index contributed by atoms with van der Waals surface area (Å²) >= 11 is 1.43. The summed E-state index contributed by atoms with van der Waals surface area (Å²) in [6, 6.07) is 7.18. The molecule has 1 N–H and O–H groups in total. The van der Waals surface area contributed by atoms with E-state index in [1.807, 2.05) is 0 Å². The van der Waals surface area contributed by atoms with Gasteiger partial charge in [-0.1, -0.05) is 23.9 Å².